The monoisotopic (exact) mass is 292 g/mol. The van der Waals surface area contributed by atoms with E-state index in [1.807, 2.05) is 0 Å². The van der Waals surface area contributed by atoms with Crippen LogP contribution in [0.5, 0.6) is 0 Å². The molecule has 0 bridgehead atoms. The van der Waals surface area contributed by atoms with Crippen molar-refractivity contribution in [2.75, 3.05) is 6.54 Å². The van der Waals surface area contributed by atoms with Crippen LogP contribution in [0, 0.1) is 13.8 Å². The minimum atomic E-state index is 0.289. The zero-order valence-electron chi connectivity index (χ0n) is 12.8. The molecule has 0 aliphatic heterocycles. The zero-order chi connectivity index (χ0) is 14.5. The van der Waals surface area contributed by atoms with Crippen LogP contribution >= 0.6 is 11.3 Å². The second kappa shape index (κ2) is 6.99. The van der Waals surface area contributed by atoms with Crippen LogP contribution in [0.25, 0.3) is 0 Å². The summed E-state index contributed by atoms with van der Waals surface area (Å²) in [5.74, 6) is 0. The Bertz CT molecular complexity index is 544. The number of nitrogens with one attached hydrogen (secondary N) is 1. The number of aromatic nitrogens is 3. The average molecular weight is 292 g/mol. The van der Waals surface area contributed by atoms with E-state index in [1.54, 1.807) is 11.3 Å². The number of hydrogen-bond donors (Lipinski definition) is 1. The highest BCUT2D eigenvalue weighted by molar-refractivity contribution is 7.09. The van der Waals surface area contributed by atoms with Crippen molar-refractivity contribution >= 4 is 11.3 Å². The Kier molecular flexibility index (Phi) is 5.31. The van der Waals surface area contributed by atoms with Gasteiger partial charge in [-0.25, -0.2) is 4.98 Å². The molecule has 2 heterocycles. The molecule has 0 aliphatic carbocycles. The highest BCUT2D eigenvalue weighted by atomic mass is 32.1. The molecule has 4 nitrogen and oxygen atoms in total. The molecule has 5 heteroatoms. The van der Waals surface area contributed by atoms with Gasteiger partial charge in [0.25, 0.3) is 0 Å². The lowest BCUT2D eigenvalue weighted by atomic mass is 10.1. The number of hydrogen-bond acceptors (Lipinski definition) is 4. The number of thiazole rings is 1. The Balaban J connectivity index is 2.21. The van der Waals surface area contributed by atoms with E-state index in [1.165, 1.54) is 11.4 Å². The van der Waals surface area contributed by atoms with Gasteiger partial charge in [0.2, 0.25) is 0 Å². The molecule has 0 saturated heterocycles. The molecule has 0 aromatic carbocycles. The molecule has 0 aliphatic rings. The minimum Gasteiger partial charge on any atom is -0.308 e. The van der Waals surface area contributed by atoms with Gasteiger partial charge in [-0.15, -0.1) is 11.3 Å². The Morgan fingerprint density at radius 1 is 1.35 bits per heavy atom. The molecule has 1 atom stereocenters. The molecule has 110 valence electrons. The Morgan fingerprint density at radius 2 is 2.15 bits per heavy atom. The van der Waals surface area contributed by atoms with Gasteiger partial charge in [-0.2, -0.15) is 5.10 Å². The molecule has 0 radical (unpaired) electrons. The lowest BCUT2D eigenvalue weighted by Gasteiger charge is -2.18. The van der Waals surface area contributed by atoms with Crippen molar-refractivity contribution in [2.45, 2.75) is 53.1 Å². The van der Waals surface area contributed by atoms with Crippen LogP contribution in [0.4, 0.5) is 0 Å². The van der Waals surface area contributed by atoms with Crippen LogP contribution in [0.3, 0.4) is 0 Å². The summed E-state index contributed by atoms with van der Waals surface area (Å²) in [5, 5.41) is 11.5. The lowest BCUT2D eigenvalue weighted by molar-refractivity contribution is 0.475. The van der Waals surface area contributed by atoms with E-state index in [0.717, 1.165) is 36.6 Å². The smallest absolute Gasteiger partial charge is 0.0897 e. The third-order valence-corrected chi connectivity index (χ3v) is 4.13. The standard InChI is InChI=1S/C15H24N4S/c1-5-7-16-14(9-13-10-20-12(4)17-13)15-8-11(3)18-19(15)6-2/h8,10,14,16H,5-7,9H2,1-4H3. The number of aryl methyl sites for hydroxylation is 3. The highest BCUT2D eigenvalue weighted by Crippen LogP contribution is 2.21. The predicted octanol–water partition coefficient (Wildman–Crippen LogP) is 3.26. The first-order chi connectivity index (χ1) is 9.63. The quantitative estimate of drug-likeness (QED) is 0.852. The lowest BCUT2D eigenvalue weighted by Crippen LogP contribution is -2.26. The fourth-order valence-corrected chi connectivity index (χ4v) is 3.04. The van der Waals surface area contributed by atoms with Crippen LogP contribution in [0.15, 0.2) is 11.4 Å². The topological polar surface area (TPSA) is 42.7 Å². The van der Waals surface area contributed by atoms with Gasteiger partial charge in [-0.3, -0.25) is 4.68 Å². The van der Waals surface area contributed by atoms with Crippen molar-refractivity contribution in [3.05, 3.63) is 33.5 Å². The summed E-state index contributed by atoms with van der Waals surface area (Å²) in [6.45, 7) is 10.4. The third-order valence-electron chi connectivity index (χ3n) is 3.31. The van der Waals surface area contributed by atoms with Crippen molar-refractivity contribution in [3.63, 3.8) is 0 Å². The molecular weight excluding hydrogens is 268 g/mol. The second-order valence-corrected chi connectivity index (χ2v) is 6.16. The second-order valence-electron chi connectivity index (χ2n) is 5.10. The Labute approximate surface area is 125 Å². The largest absolute Gasteiger partial charge is 0.308 e. The molecule has 2 rings (SSSR count). The summed E-state index contributed by atoms with van der Waals surface area (Å²) in [6.07, 6.45) is 2.06. The summed E-state index contributed by atoms with van der Waals surface area (Å²) in [6, 6.07) is 2.48. The first-order valence-electron chi connectivity index (χ1n) is 7.32. The van der Waals surface area contributed by atoms with Gasteiger partial charge in [0.1, 0.15) is 0 Å². The predicted molar refractivity (Wildman–Crippen MR) is 84.2 cm³/mol. The van der Waals surface area contributed by atoms with Crippen LogP contribution in [-0.4, -0.2) is 21.3 Å². The first-order valence-corrected chi connectivity index (χ1v) is 8.20. The van der Waals surface area contributed by atoms with Crippen LogP contribution in [0.1, 0.15) is 48.4 Å². The van der Waals surface area contributed by atoms with Crippen molar-refractivity contribution in [3.8, 4) is 0 Å². The molecule has 0 amide bonds. The van der Waals surface area contributed by atoms with E-state index in [-0.39, 0.29) is 6.04 Å². The summed E-state index contributed by atoms with van der Waals surface area (Å²) >= 11 is 1.72. The van der Waals surface area contributed by atoms with Crippen LogP contribution in [0.2, 0.25) is 0 Å². The molecule has 0 spiro atoms. The van der Waals surface area contributed by atoms with Crippen LogP contribution < -0.4 is 5.32 Å². The molecule has 0 saturated carbocycles. The summed E-state index contributed by atoms with van der Waals surface area (Å²) < 4.78 is 2.10. The van der Waals surface area contributed by atoms with Crippen molar-refractivity contribution in [1.82, 2.24) is 20.1 Å². The van der Waals surface area contributed by atoms with E-state index in [4.69, 9.17) is 0 Å². The highest BCUT2D eigenvalue weighted by Gasteiger charge is 2.18. The van der Waals surface area contributed by atoms with E-state index in [2.05, 4.69) is 59.2 Å². The average Bonchev–Trinajstić information content (AvgIpc) is 3.00. The Hall–Kier alpha value is -1.20. The van der Waals surface area contributed by atoms with E-state index < -0.39 is 0 Å². The van der Waals surface area contributed by atoms with Gasteiger partial charge in [0.15, 0.2) is 0 Å². The van der Waals surface area contributed by atoms with Gasteiger partial charge < -0.3 is 5.32 Å². The molecule has 20 heavy (non-hydrogen) atoms. The molecule has 2 aromatic rings. The van der Waals surface area contributed by atoms with Gasteiger partial charge >= 0.3 is 0 Å². The van der Waals surface area contributed by atoms with Gasteiger partial charge in [0.05, 0.1) is 28.1 Å². The van der Waals surface area contributed by atoms with Crippen molar-refractivity contribution in [2.24, 2.45) is 0 Å². The van der Waals surface area contributed by atoms with Gasteiger partial charge in [-0.05, 0) is 39.8 Å². The molecule has 2 aromatic heterocycles. The normalized spacial score (nSPS) is 12.8. The SMILES string of the molecule is CCCNC(Cc1csc(C)n1)c1cc(C)nn1CC. The van der Waals surface area contributed by atoms with Crippen molar-refractivity contribution < 1.29 is 0 Å². The van der Waals surface area contributed by atoms with E-state index >= 15 is 0 Å². The Morgan fingerprint density at radius 3 is 2.75 bits per heavy atom. The minimum absolute atomic E-state index is 0.289. The zero-order valence-corrected chi connectivity index (χ0v) is 13.6. The molecule has 0 fully saturated rings. The van der Waals surface area contributed by atoms with Gasteiger partial charge in [0, 0.05) is 18.3 Å². The number of nitrogens with zero attached hydrogens (tertiary/aromatic N) is 3. The maximum Gasteiger partial charge on any atom is 0.0897 e. The van der Waals surface area contributed by atoms with E-state index in [9.17, 15) is 0 Å². The maximum atomic E-state index is 4.60. The van der Waals surface area contributed by atoms with Crippen LogP contribution in [-0.2, 0) is 13.0 Å². The maximum absolute atomic E-state index is 4.60. The fraction of sp³-hybridized carbons (Fsp3) is 0.600. The fourth-order valence-electron chi connectivity index (χ4n) is 2.41. The summed E-state index contributed by atoms with van der Waals surface area (Å²) in [5.41, 5.74) is 3.52. The summed E-state index contributed by atoms with van der Waals surface area (Å²) in [4.78, 5) is 4.60. The van der Waals surface area contributed by atoms with Gasteiger partial charge in [-0.1, -0.05) is 6.92 Å². The third kappa shape index (κ3) is 3.67. The number of rotatable bonds is 7. The molecule has 1 unspecified atom stereocenters. The molecule has 1 N–H and O–H groups in total. The van der Waals surface area contributed by atoms with Crippen molar-refractivity contribution in [1.29, 1.82) is 0 Å². The molecular formula is C15H24N4S. The first kappa shape index (κ1) is 15.2. The van der Waals surface area contributed by atoms with E-state index in [0.29, 0.717) is 0 Å². The summed E-state index contributed by atoms with van der Waals surface area (Å²) in [7, 11) is 0.